The summed E-state index contributed by atoms with van der Waals surface area (Å²) in [5.74, 6) is -4.15. The molecular formula is C24H35N5O7. The van der Waals surface area contributed by atoms with Crippen molar-refractivity contribution in [2.45, 2.75) is 70.5 Å². The van der Waals surface area contributed by atoms with Gasteiger partial charge in [-0.05, 0) is 31.4 Å². The van der Waals surface area contributed by atoms with E-state index in [1.807, 2.05) is 24.3 Å². The van der Waals surface area contributed by atoms with Crippen LogP contribution in [-0.2, 0) is 25.6 Å². The molecule has 1 heterocycles. The van der Waals surface area contributed by atoms with Crippen molar-refractivity contribution < 1.29 is 34.5 Å². The molecule has 2 rings (SSSR count). The minimum absolute atomic E-state index is 0.000313. The maximum Gasteiger partial charge on any atom is 0.326 e. The van der Waals surface area contributed by atoms with Gasteiger partial charge < -0.3 is 42.0 Å². The third kappa shape index (κ3) is 7.26. The maximum absolute atomic E-state index is 13.2. The molecule has 6 atom stereocenters. The molecule has 3 amide bonds. The summed E-state index contributed by atoms with van der Waals surface area (Å²) in [6.45, 7) is 5.84. The smallest absolute Gasteiger partial charge is 0.326 e. The van der Waals surface area contributed by atoms with Crippen molar-refractivity contribution in [2.24, 2.45) is 11.7 Å². The molecule has 2 aromatic rings. The van der Waals surface area contributed by atoms with Gasteiger partial charge in [-0.25, -0.2) is 4.79 Å². The van der Waals surface area contributed by atoms with Crippen LogP contribution in [0.3, 0.4) is 0 Å². The number of fused-ring (bicyclic) bond motifs is 1. The molecule has 1 aromatic carbocycles. The fourth-order valence-corrected chi connectivity index (χ4v) is 3.63. The number of aliphatic hydroxyl groups excluding tert-OH is 2. The zero-order valence-electron chi connectivity index (χ0n) is 20.7. The number of benzene rings is 1. The second-order valence-electron chi connectivity index (χ2n) is 9.19. The third-order valence-corrected chi connectivity index (χ3v) is 5.85. The van der Waals surface area contributed by atoms with Crippen LogP contribution in [0, 0.1) is 5.92 Å². The number of hydrogen-bond acceptors (Lipinski definition) is 7. The normalized spacial score (nSPS) is 16.4. The van der Waals surface area contributed by atoms with Gasteiger partial charge in [-0.3, -0.25) is 14.4 Å². The number of H-pyrrole nitrogens is 1. The van der Waals surface area contributed by atoms with E-state index in [1.54, 1.807) is 20.0 Å². The number of carboxylic acid groups (broad SMARTS) is 1. The summed E-state index contributed by atoms with van der Waals surface area (Å²) in [6.07, 6.45) is -0.884. The number of amides is 3. The Morgan fingerprint density at radius 1 is 0.889 bits per heavy atom. The molecule has 198 valence electrons. The highest BCUT2D eigenvalue weighted by Gasteiger charge is 2.34. The summed E-state index contributed by atoms with van der Waals surface area (Å²) in [4.78, 5) is 53.2. The second-order valence-corrected chi connectivity index (χ2v) is 9.19. The number of aliphatic hydroxyl groups is 2. The van der Waals surface area contributed by atoms with E-state index in [0.29, 0.717) is 5.56 Å². The van der Waals surface area contributed by atoms with Gasteiger partial charge in [-0.15, -0.1) is 0 Å². The predicted molar refractivity (Wildman–Crippen MR) is 132 cm³/mol. The highest BCUT2D eigenvalue weighted by molar-refractivity contribution is 5.95. The number of aromatic nitrogens is 1. The molecule has 0 aliphatic rings. The minimum Gasteiger partial charge on any atom is -0.480 e. The van der Waals surface area contributed by atoms with Gasteiger partial charge in [0.2, 0.25) is 17.7 Å². The highest BCUT2D eigenvalue weighted by atomic mass is 16.4. The van der Waals surface area contributed by atoms with Crippen LogP contribution in [0.15, 0.2) is 30.5 Å². The Kier molecular flexibility index (Phi) is 9.96. The average Bonchev–Trinajstić information content (AvgIpc) is 3.21. The summed E-state index contributed by atoms with van der Waals surface area (Å²) in [6, 6.07) is 2.07. The zero-order chi connectivity index (χ0) is 27.2. The monoisotopic (exact) mass is 505 g/mol. The molecule has 0 saturated carbocycles. The largest absolute Gasteiger partial charge is 0.480 e. The van der Waals surface area contributed by atoms with Gasteiger partial charge in [-0.1, -0.05) is 32.0 Å². The fraction of sp³-hybridized carbons (Fsp3) is 0.500. The Bertz CT molecular complexity index is 1080. The molecule has 0 aliphatic heterocycles. The first-order valence-electron chi connectivity index (χ1n) is 11.6. The first-order chi connectivity index (χ1) is 16.8. The van der Waals surface area contributed by atoms with Gasteiger partial charge >= 0.3 is 5.97 Å². The number of nitrogens with one attached hydrogen (secondary N) is 4. The standard InChI is InChI=1S/C24H35N5O7/c1-11(2)19(24(35)36)28-21(32)17(9-14-10-26-16-8-6-5-7-15(14)16)27-23(34)20(13(4)31)29-22(33)18(25)12(3)30/h5-8,10-13,17-20,26,30-31H,9,25H2,1-4H3,(H,27,34)(H,28,32)(H,29,33)(H,35,36). The lowest BCUT2D eigenvalue weighted by Gasteiger charge is -2.27. The van der Waals surface area contributed by atoms with Gasteiger partial charge in [0.15, 0.2) is 0 Å². The lowest BCUT2D eigenvalue weighted by atomic mass is 10.0. The summed E-state index contributed by atoms with van der Waals surface area (Å²) in [7, 11) is 0. The number of carbonyl (C=O) groups is 4. The van der Waals surface area contributed by atoms with E-state index < -0.39 is 66.0 Å². The van der Waals surface area contributed by atoms with Crippen LogP contribution >= 0.6 is 0 Å². The zero-order valence-corrected chi connectivity index (χ0v) is 20.7. The number of para-hydroxylation sites is 1. The Morgan fingerprint density at radius 3 is 2.06 bits per heavy atom. The summed E-state index contributed by atoms with van der Waals surface area (Å²) < 4.78 is 0. The molecule has 36 heavy (non-hydrogen) atoms. The molecule has 9 N–H and O–H groups in total. The first kappa shape index (κ1) is 28.8. The fourth-order valence-electron chi connectivity index (χ4n) is 3.63. The number of nitrogens with two attached hydrogens (primary N) is 1. The Morgan fingerprint density at radius 2 is 1.50 bits per heavy atom. The van der Waals surface area contributed by atoms with E-state index in [2.05, 4.69) is 20.9 Å². The SMILES string of the molecule is CC(C)C(NC(=O)C(Cc1c[nH]c2ccccc12)NC(=O)C(NC(=O)C(N)C(C)O)C(C)O)C(=O)O. The van der Waals surface area contributed by atoms with Crippen LogP contribution in [0.4, 0.5) is 0 Å². The molecule has 12 nitrogen and oxygen atoms in total. The molecule has 0 bridgehead atoms. The molecule has 1 aromatic heterocycles. The van der Waals surface area contributed by atoms with E-state index in [9.17, 15) is 34.5 Å². The summed E-state index contributed by atoms with van der Waals surface area (Å²) >= 11 is 0. The number of rotatable bonds is 12. The number of carboxylic acids is 1. The minimum atomic E-state index is -1.49. The van der Waals surface area contributed by atoms with E-state index >= 15 is 0 Å². The first-order valence-corrected chi connectivity index (χ1v) is 11.6. The van der Waals surface area contributed by atoms with E-state index in [1.165, 1.54) is 13.8 Å². The van der Waals surface area contributed by atoms with Crippen LogP contribution in [0.2, 0.25) is 0 Å². The van der Waals surface area contributed by atoms with Crippen molar-refractivity contribution in [1.29, 1.82) is 0 Å². The van der Waals surface area contributed by atoms with E-state index in [-0.39, 0.29) is 6.42 Å². The molecule has 0 fully saturated rings. The Hall–Kier alpha value is -3.48. The molecule has 0 saturated heterocycles. The average molecular weight is 506 g/mol. The molecule has 0 radical (unpaired) electrons. The third-order valence-electron chi connectivity index (χ3n) is 5.85. The van der Waals surface area contributed by atoms with Gasteiger partial charge in [0, 0.05) is 23.5 Å². The highest BCUT2D eigenvalue weighted by Crippen LogP contribution is 2.19. The van der Waals surface area contributed by atoms with Crippen LogP contribution in [0.1, 0.15) is 33.3 Å². The number of hydrogen-bond donors (Lipinski definition) is 8. The summed E-state index contributed by atoms with van der Waals surface area (Å²) in [5, 5.41) is 37.3. The maximum atomic E-state index is 13.2. The Balaban J connectivity index is 2.32. The molecular weight excluding hydrogens is 470 g/mol. The Labute approximate surface area is 208 Å². The molecule has 0 spiro atoms. The number of carbonyl (C=O) groups excluding carboxylic acids is 3. The van der Waals surface area contributed by atoms with Crippen molar-refractivity contribution in [3.05, 3.63) is 36.0 Å². The van der Waals surface area contributed by atoms with Crippen LogP contribution in [-0.4, -0.2) is 80.4 Å². The van der Waals surface area contributed by atoms with Gasteiger partial charge in [0.1, 0.15) is 24.2 Å². The topological polar surface area (TPSA) is 207 Å². The van der Waals surface area contributed by atoms with Crippen LogP contribution in [0.25, 0.3) is 10.9 Å². The number of aliphatic carboxylic acids is 1. The van der Waals surface area contributed by atoms with Crippen molar-refractivity contribution in [1.82, 2.24) is 20.9 Å². The van der Waals surface area contributed by atoms with Crippen molar-refractivity contribution in [3.8, 4) is 0 Å². The van der Waals surface area contributed by atoms with E-state index in [0.717, 1.165) is 10.9 Å². The van der Waals surface area contributed by atoms with Crippen molar-refractivity contribution >= 4 is 34.6 Å². The lowest BCUT2D eigenvalue weighted by Crippen LogP contribution is -2.61. The quantitative estimate of drug-likeness (QED) is 0.179. The van der Waals surface area contributed by atoms with Gasteiger partial charge in [0.25, 0.3) is 0 Å². The van der Waals surface area contributed by atoms with Gasteiger partial charge in [-0.2, -0.15) is 0 Å². The van der Waals surface area contributed by atoms with Crippen molar-refractivity contribution in [2.75, 3.05) is 0 Å². The lowest BCUT2D eigenvalue weighted by molar-refractivity contribution is -0.143. The van der Waals surface area contributed by atoms with Crippen LogP contribution < -0.4 is 21.7 Å². The van der Waals surface area contributed by atoms with Crippen molar-refractivity contribution in [3.63, 3.8) is 0 Å². The van der Waals surface area contributed by atoms with E-state index in [4.69, 9.17) is 5.73 Å². The van der Waals surface area contributed by atoms with Crippen LogP contribution in [0.5, 0.6) is 0 Å². The summed E-state index contributed by atoms with van der Waals surface area (Å²) in [5.41, 5.74) is 7.12. The molecule has 6 unspecified atom stereocenters. The second kappa shape index (κ2) is 12.5. The molecule has 12 heteroatoms. The predicted octanol–water partition coefficient (Wildman–Crippen LogP) is -1.01. The van der Waals surface area contributed by atoms with Gasteiger partial charge in [0.05, 0.1) is 12.2 Å². The number of aromatic amines is 1. The molecule has 0 aliphatic carbocycles.